The molecule has 2 saturated carbocycles. The van der Waals surface area contributed by atoms with E-state index in [1.54, 1.807) is 0 Å². The molecule has 1 aromatic rings. The highest BCUT2D eigenvalue weighted by Crippen LogP contribution is 2.45. The minimum absolute atomic E-state index is 0.174. The van der Waals surface area contributed by atoms with Crippen LogP contribution >= 0.6 is 11.3 Å². The first-order valence-corrected chi connectivity index (χ1v) is 8.82. The second-order valence-corrected chi connectivity index (χ2v) is 7.25. The third-order valence-electron chi connectivity index (χ3n) is 4.74. The molecule has 1 heterocycles. The summed E-state index contributed by atoms with van der Waals surface area (Å²) in [5, 5.41) is 4.84. The van der Waals surface area contributed by atoms with Crippen molar-refractivity contribution in [2.24, 2.45) is 0 Å². The van der Waals surface area contributed by atoms with Gasteiger partial charge in [-0.2, -0.15) is 0 Å². The molecule has 3 rings (SSSR count). The van der Waals surface area contributed by atoms with Crippen molar-refractivity contribution >= 4 is 11.3 Å². The Bertz CT molecular complexity index is 451. The van der Waals surface area contributed by atoms with Gasteiger partial charge in [-0.25, -0.2) is 4.98 Å². The molecule has 0 aromatic carbocycles. The van der Waals surface area contributed by atoms with Gasteiger partial charge in [0.2, 0.25) is 0 Å². The number of nitrogens with one attached hydrogen (secondary N) is 1. The lowest BCUT2D eigenvalue weighted by atomic mass is 9.98. The summed E-state index contributed by atoms with van der Waals surface area (Å²) < 4.78 is 5.86. The van der Waals surface area contributed by atoms with Gasteiger partial charge in [0.1, 0.15) is 10.6 Å². The van der Waals surface area contributed by atoms with Gasteiger partial charge in [-0.05, 0) is 38.5 Å². The van der Waals surface area contributed by atoms with Gasteiger partial charge in [0.05, 0.1) is 5.69 Å². The first kappa shape index (κ1) is 14.5. The van der Waals surface area contributed by atoms with Crippen LogP contribution < -0.4 is 5.32 Å². The fourth-order valence-electron chi connectivity index (χ4n) is 2.81. The Morgan fingerprint density at radius 1 is 1.25 bits per heavy atom. The Hall–Kier alpha value is -0.450. The lowest BCUT2D eigenvalue weighted by Crippen LogP contribution is -2.26. The standard InChI is InChI=1S/C16H26N2OS/c1-4-16(5-2,19-3)15-18-14(11-6-7-11)13(20-15)10-17-12-8-9-12/h11-12,17H,4-10H2,1-3H3. The molecule has 1 N–H and O–H groups in total. The van der Waals surface area contributed by atoms with Crippen molar-refractivity contribution < 1.29 is 4.74 Å². The van der Waals surface area contributed by atoms with Gasteiger partial charge in [0.15, 0.2) is 0 Å². The zero-order valence-electron chi connectivity index (χ0n) is 12.9. The van der Waals surface area contributed by atoms with E-state index in [4.69, 9.17) is 9.72 Å². The third-order valence-corrected chi connectivity index (χ3v) is 6.00. The van der Waals surface area contributed by atoms with Crippen LogP contribution in [0.15, 0.2) is 0 Å². The van der Waals surface area contributed by atoms with Gasteiger partial charge >= 0.3 is 0 Å². The van der Waals surface area contributed by atoms with E-state index >= 15 is 0 Å². The number of methoxy groups -OCH3 is 1. The maximum Gasteiger partial charge on any atom is 0.125 e. The Morgan fingerprint density at radius 2 is 1.95 bits per heavy atom. The third kappa shape index (κ3) is 2.78. The van der Waals surface area contributed by atoms with Crippen LogP contribution in [0.2, 0.25) is 0 Å². The largest absolute Gasteiger partial charge is 0.371 e. The van der Waals surface area contributed by atoms with Crippen LogP contribution in [0.3, 0.4) is 0 Å². The molecule has 0 bridgehead atoms. The predicted molar refractivity (Wildman–Crippen MR) is 83.2 cm³/mol. The summed E-state index contributed by atoms with van der Waals surface area (Å²) in [5.74, 6) is 0.722. The molecule has 0 amide bonds. The molecule has 1 aromatic heterocycles. The number of thiazole rings is 1. The van der Waals surface area contributed by atoms with E-state index in [-0.39, 0.29) is 5.60 Å². The summed E-state index contributed by atoms with van der Waals surface area (Å²) in [4.78, 5) is 6.47. The van der Waals surface area contributed by atoms with E-state index in [9.17, 15) is 0 Å². The number of rotatable bonds is 8. The van der Waals surface area contributed by atoms with Crippen LogP contribution in [0, 0.1) is 0 Å². The maximum absolute atomic E-state index is 5.86. The Morgan fingerprint density at radius 3 is 2.45 bits per heavy atom. The minimum Gasteiger partial charge on any atom is -0.371 e. The molecule has 4 heteroatoms. The molecule has 0 atom stereocenters. The fourth-order valence-corrected chi connectivity index (χ4v) is 4.22. The smallest absolute Gasteiger partial charge is 0.125 e. The molecular weight excluding hydrogens is 268 g/mol. The van der Waals surface area contributed by atoms with Crippen LogP contribution in [0.4, 0.5) is 0 Å². The van der Waals surface area contributed by atoms with Crippen LogP contribution in [0.1, 0.15) is 73.9 Å². The van der Waals surface area contributed by atoms with Crippen molar-refractivity contribution in [2.75, 3.05) is 7.11 Å². The maximum atomic E-state index is 5.86. The molecule has 3 nitrogen and oxygen atoms in total. The Labute approximate surface area is 126 Å². The molecule has 2 aliphatic rings. The van der Waals surface area contributed by atoms with Crippen molar-refractivity contribution in [1.82, 2.24) is 10.3 Å². The van der Waals surface area contributed by atoms with Crippen molar-refractivity contribution in [3.63, 3.8) is 0 Å². The van der Waals surface area contributed by atoms with Crippen molar-refractivity contribution in [2.45, 2.75) is 76.5 Å². The summed E-state index contributed by atoms with van der Waals surface area (Å²) in [7, 11) is 1.83. The number of nitrogens with zero attached hydrogens (tertiary/aromatic N) is 1. The summed E-state index contributed by atoms with van der Waals surface area (Å²) >= 11 is 1.88. The van der Waals surface area contributed by atoms with Crippen molar-refractivity contribution in [3.8, 4) is 0 Å². The van der Waals surface area contributed by atoms with E-state index < -0.39 is 0 Å². The lowest BCUT2D eigenvalue weighted by molar-refractivity contribution is -0.0219. The van der Waals surface area contributed by atoms with Crippen molar-refractivity contribution in [1.29, 1.82) is 0 Å². The molecule has 20 heavy (non-hydrogen) atoms. The van der Waals surface area contributed by atoms with E-state index in [0.717, 1.165) is 31.3 Å². The number of hydrogen-bond donors (Lipinski definition) is 1. The second-order valence-electron chi connectivity index (χ2n) is 6.16. The molecule has 0 saturated heterocycles. The van der Waals surface area contributed by atoms with Crippen LogP contribution in [0.5, 0.6) is 0 Å². The van der Waals surface area contributed by atoms with Gasteiger partial charge in [-0.3, -0.25) is 0 Å². The second kappa shape index (κ2) is 5.74. The van der Waals surface area contributed by atoms with E-state index in [0.29, 0.717) is 0 Å². The van der Waals surface area contributed by atoms with Gasteiger partial charge < -0.3 is 10.1 Å². The quantitative estimate of drug-likeness (QED) is 0.788. The molecular formula is C16H26N2OS. The van der Waals surface area contributed by atoms with E-state index in [1.165, 1.54) is 41.3 Å². The van der Waals surface area contributed by atoms with E-state index in [1.807, 2.05) is 18.4 Å². The zero-order valence-corrected chi connectivity index (χ0v) is 13.7. The molecule has 0 aliphatic heterocycles. The lowest BCUT2D eigenvalue weighted by Gasteiger charge is -2.27. The topological polar surface area (TPSA) is 34.1 Å². The Kier molecular flexibility index (Phi) is 4.16. The van der Waals surface area contributed by atoms with Gasteiger partial charge in [0.25, 0.3) is 0 Å². The fraction of sp³-hybridized carbons (Fsp3) is 0.812. The predicted octanol–water partition coefficient (Wildman–Crippen LogP) is 3.93. The minimum atomic E-state index is -0.174. The average molecular weight is 294 g/mol. The van der Waals surface area contributed by atoms with E-state index in [2.05, 4.69) is 19.2 Å². The first-order valence-electron chi connectivity index (χ1n) is 8.01. The summed E-state index contributed by atoms with van der Waals surface area (Å²) in [5.41, 5.74) is 1.19. The van der Waals surface area contributed by atoms with Crippen LogP contribution in [-0.2, 0) is 16.9 Å². The molecule has 2 fully saturated rings. The molecule has 0 unspecified atom stereocenters. The van der Waals surface area contributed by atoms with Gasteiger partial charge in [-0.1, -0.05) is 13.8 Å². The Balaban J connectivity index is 1.84. The summed E-state index contributed by atoms with van der Waals surface area (Å²) in [6.07, 6.45) is 7.31. The summed E-state index contributed by atoms with van der Waals surface area (Å²) in [6.45, 7) is 5.40. The first-order chi connectivity index (χ1) is 9.72. The highest BCUT2D eigenvalue weighted by Gasteiger charge is 2.36. The zero-order chi connectivity index (χ0) is 14.2. The van der Waals surface area contributed by atoms with Crippen LogP contribution in [0.25, 0.3) is 0 Å². The SMILES string of the molecule is CCC(CC)(OC)c1nc(C2CC2)c(CNC2CC2)s1. The van der Waals surface area contributed by atoms with Crippen LogP contribution in [-0.4, -0.2) is 18.1 Å². The van der Waals surface area contributed by atoms with Gasteiger partial charge in [0, 0.05) is 30.5 Å². The molecule has 0 radical (unpaired) electrons. The normalized spacial score (nSPS) is 19.6. The number of aromatic nitrogens is 1. The van der Waals surface area contributed by atoms with Gasteiger partial charge in [-0.15, -0.1) is 11.3 Å². The monoisotopic (exact) mass is 294 g/mol. The highest BCUT2D eigenvalue weighted by molar-refractivity contribution is 7.11. The highest BCUT2D eigenvalue weighted by atomic mass is 32.1. The summed E-state index contributed by atoms with van der Waals surface area (Å²) in [6, 6.07) is 0.761. The number of ether oxygens (including phenoxy) is 1. The van der Waals surface area contributed by atoms with Crippen molar-refractivity contribution in [3.05, 3.63) is 15.6 Å². The average Bonchev–Trinajstić information content (AvgIpc) is 3.39. The molecule has 2 aliphatic carbocycles. The number of hydrogen-bond acceptors (Lipinski definition) is 4. The molecule has 0 spiro atoms. The molecule has 112 valence electrons.